The van der Waals surface area contributed by atoms with Gasteiger partial charge in [-0.2, -0.15) is 13.2 Å². The number of benzene rings is 1. The monoisotopic (exact) mass is 411 g/mol. The Labute approximate surface area is 164 Å². The number of carbonyl (C=O) groups is 2. The maximum Gasteiger partial charge on any atom is 0.416 e. The molecule has 1 amide bonds. The van der Waals surface area contributed by atoms with Gasteiger partial charge in [-0.3, -0.25) is 4.79 Å². The zero-order valence-electron chi connectivity index (χ0n) is 15.5. The fourth-order valence-electron chi connectivity index (χ4n) is 3.24. The van der Waals surface area contributed by atoms with Crippen LogP contribution in [0.1, 0.15) is 57.0 Å². The number of rotatable bonds is 4. The lowest BCUT2D eigenvalue weighted by molar-refractivity contribution is -0.137. The molecule has 0 spiro atoms. The van der Waals surface area contributed by atoms with E-state index in [1.54, 1.807) is 6.92 Å². The van der Waals surface area contributed by atoms with Gasteiger partial charge in [0, 0.05) is 10.4 Å². The predicted molar refractivity (Wildman–Crippen MR) is 101 cm³/mol. The molecule has 8 heteroatoms. The molecule has 0 saturated carbocycles. The lowest BCUT2D eigenvalue weighted by Crippen LogP contribution is -2.17. The third-order valence-corrected chi connectivity index (χ3v) is 5.86. The predicted octanol–water partition coefficient (Wildman–Crippen LogP) is 5.32. The maximum absolute atomic E-state index is 12.7. The van der Waals surface area contributed by atoms with Crippen molar-refractivity contribution in [3.05, 3.63) is 51.4 Å². The minimum Gasteiger partial charge on any atom is -0.462 e. The van der Waals surface area contributed by atoms with Crippen LogP contribution in [0.4, 0.5) is 18.2 Å². The van der Waals surface area contributed by atoms with E-state index < -0.39 is 23.6 Å². The average Bonchev–Trinajstić information content (AvgIpc) is 2.98. The first kappa shape index (κ1) is 20.4. The van der Waals surface area contributed by atoms with Crippen LogP contribution in [0.15, 0.2) is 24.3 Å². The van der Waals surface area contributed by atoms with Crippen LogP contribution >= 0.6 is 11.3 Å². The van der Waals surface area contributed by atoms with E-state index in [4.69, 9.17) is 4.74 Å². The molecule has 4 nitrogen and oxygen atoms in total. The van der Waals surface area contributed by atoms with Crippen molar-refractivity contribution in [2.45, 2.75) is 39.3 Å². The van der Waals surface area contributed by atoms with Gasteiger partial charge in [-0.25, -0.2) is 4.79 Å². The van der Waals surface area contributed by atoms with Crippen LogP contribution in [0.5, 0.6) is 0 Å². The summed E-state index contributed by atoms with van der Waals surface area (Å²) in [6, 6.07) is 3.97. The van der Waals surface area contributed by atoms with Crippen LogP contribution in [0.25, 0.3) is 0 Å². The van der Waals surface area contributed by atoms with Gasteiger partial charge in [0.15, 0.2) is 0 Å². The molecule has 150 valence electrons. The van der Waals surface area contributed by atoms with Gasteiger partial charge in [0.1, 0.15) is 5.00 Å². The molecule has 1 N–H and O–H groups in total. The number of halogens is 3. The van der Waals surface area contributed by atoms with Gasteiger partial charge in [0.05, 0.1) is 17.7 Å². The molecular weight excluding hydrogens is 391 g/mol. The van der Waals surface area contributed by atoms with Gasteiger partial charge in [0.25, 0.3) is 5.91 Å². The van der Waals surface area contributed by atoms with Crippen molar-refractivity contribution in [3.63, 3.8) is 0 Å². The highest BCUT2D eigenvalue weighted by molar-refractivity contribution is 7.17. The summed E-state index contributed by atoms with van der Waals surface area (Å²) >= 11 is 1.34. The summed E-state index contributed by atoms with van der Waals surface area (Å²) < 4.78 is 43.2. The molecule has 1 atom stereocenters. The number of esters is 1. The smallest absolute Gasteiger partial charge is 0.416 e. The molecule has 1 aliphatic carbocycles. The molecule has 1 aromatic carbocycles. The lowest BCUT2D eigenvalue weighted by Gasteiger charge is -2.18. The molecule has 3 rings (SSSR count). The summed E-state index contributed by atoms with van der Waals surface area (Å²) in [6.07, 6.45) is -1.96. The Balaban J connectivity index is 1.89. The normalized spacial score (nSPS) is 16.4. The number of nitrogens with one attached hydrogen (secondary N) is 1. The fourth-order valence-corrected chi connectivity index (χ4v) is 4.64. The van der Waals surface area contributed by atoms with Gasteiger partial charge >= 0.3 is 12.1 Å². The van der Waals surface area contributed by atoms with Crippen LogP contribution < -0.4 is 5.32 Å². The number of carbonyl (C=O) groups excluding carboxylic acids is 2. The number of thiophene rings is 1. The largest absolute Gasteiger partial charge is 0.462 e. The first-order valence-corrected chi connectivity index (χ1v) is 9.82. The van der Waals surface area contributed by atoms with Crippen LogP contribution in [-0.2, 0) is 23.8 Å². The molecule has 0 saturated heterocycles. The van der Waals surface area contributed by atoms with E-state index in [0.717, 1.165) is 54.0 Å². The summed E-state index contributed by atoms with van der Waals surface area (Å²) in [5.41, 5.74) is 0.540. The van der Waals surface area contributed by atoms with Crippen LogP contribution in [-0.4, -0.2) is 18.5 Å². The Morgan fingerprint density at radius 2 is 1.93 bits per heavy atom. The maximum atomic E-state index is 12.7. The number of amides is 1. The van der Waals surface area contributed by atoms with E-state index in [0.29, 0.717) is 16.5 Å². The van der Waals surface area contributed by atoms with E-state index in [1.807, 2.05) is 0 Å². The van der Waals surface area contributed by atoms with E-state index in [2.05, 4.69) is 12.2 Å². The molecule has 0 fully saturated rings. The second-order valence-electron chi connectivity index (χ2n) is 6.81. The fraction of sp³-hybridized carbons (Fsp3) is 0.400. The second-order valence-corrected chi connectivity index (χ2v) is 7.91. The summed E-state index contributed by atoms with van der Waals surface area (Å²) in [4.78, 5) is 26.1. The molecule has 28 heavy (non-hydrogen) atoms. The Hall–Kier alpha value is -2.35. The minimum atomic E-state index is -4.46. The molecule has 1 heterocycles. The van der Waals surface area contributed by atoms with Gasteiger partial charge in [-0.05, 0) is 61.9 Å². The standard InChI is InChI=1S/C20H20F3NO3S/c1-3-27-19(26)16-14-9-4-11(2)10-15(14)28-18(16)24-17(25)12-5-7-13(8-6-12)20(21,22)23/h5-8,11H,3-4,9-10H2,1-2H3,(H,24,25). The SMILES string of the molecule is CCOC(=O)c1c(NC(=O)c2ccc(C(F)(F)F)cc2)sc2c1CCC(C)C2. The zero-order valence-corrected chi connectivity index (χ0v) is 16.3. The first-order chi connectivity index (χ1) is 13.2. The highest BCUT2D eigenvalue weighted by atomic mass is 32.1. The number of anilines is 1. The van der Waals surface area contributed by atoms with E-state index in [-0.39, 0.29) is 12.2 Å². The summed E-state index contributed by atoms with van der Waals surface area (Å²) in [5, 5.41) is 3.09. The van der Waals surface area contributed by atoms with Gasteiger partial charge in [0.2, 0.25) is 0 Å². The second kappa shape index (κ2) is 7.95. The summed E-state index contributed by atoms with van der Waals surface area (Å²) in [6.45, 7) is 4.05. The average molecular weight is 411 g/mol. The van der Waals surface area contributed by atoms with Gasteiger partial charge in [-0.15, -0.1) is 11.3 Å². The van der Waals surface area contributed by atoms with Crippen LogP contribution in [0, 0.1) is 5.92 Å². The Kier molecular flexibility index (Phi) is 5.79. The molecular formula is C20H20F3NO3S. The van der Waals surface area contributed by atoms with E-state index >= 15 is 0 Å². The highest BCUT2D eigenvalue weighted by Crippen LogP contribution is 2.40. The van der Waals surface area contributed by atoms with Crippen molar-refractivity contribution in [3.8, 4) is 0 Å². The van der Waals surface area contributed by atoms with E-state index in [9.17, 15) is 22.8 Å². The van der Waals surface area contributed by atoms with Crippen molar-refractivity contribution >= 4 is 28.2 Å². The highest BCUT2D eigenvalue weighted by Gasteiger charge is 2.31. The van der Waals surface area contributed by atoms with Crippen LogP contribution in [0.3, 0.4) is 0 Å². The van der Waals surface area contributed by atoms with E-state index in [1.165, 1.54) is 11.3 Å². The van der Waals surface area contributed by atoms with Gasteiger partial charge < -0.3 is 10.1 Å². The molecule has 1 aromatic heterocycles. The van der Waals surface area contributed by atoms with Crippen LogP contribution in [0.2, 0.25) is 0 Å². The Bertz CT molecular complexity index is 887. The number of fused-ring (bicyclic) bond motifs is 1. The Morgan fingerprint density at radius 1 is 1.25 bits per heavy atom. The minimum absolute atomic E-state index is 0.0857. The quantitative estimate of drug-likeness (QED) is 0.693. The van der Waals surface area contributed by atoms with Crippen molar-refractivity contribution in [1.82, 2.24) is 0 Å². The molecule has 2 aromatic rings. The Morgan fingerprint density at radius 3 is 2.54 bits per heavy atom. The first-order valence-electron chi connectivity index (χ1n) is 9.01. The van der Waals surface area contributed by atoms with Gasteiger partial charge in [-0.1, -0.05) is 6.92 Å². The number of alkyl halides is 3. The molecule has 0 bridgehead atoms. The summed E-state index contributed by atoms with van der Waals surface area (Å²) in [5.74, 6) is -0.567. The third kappa shape index (κ3) is 4.22. The molecule has 1 unspecified atom stereocenters. The lowest BCUT2D eigenvalue weighted by atomic mass is 9.88. The molecule has 1 aliphatic rings. The van der Waals surface area contributed by atoms with Crippen molar-refractivity contribution in [1.29, 1.82) is 0 Å². The number of ether oxygens (including phenoxy) is 1. The molecule has 0 aliphatic heterocycles. The zero-order chi connectivity index (χ0) is 20.5. The van der Waals surface area contributed by atoms with Crippen molar-refractivity contribution in [2.24, 2.45) is 5.92 Å². The summed E-state index contributed by atoms with van der Waals surface area (Å²) in [7, 11) is 0. The number of hydrogen-bond donors (Lipinski definition) is 1. The van der Waals surface area contributed by atoms with Crippen molar-refractivity contribution < 1.29 is 27.5 Å². The van der Waals surface area contributed by atoms with Crippen molar-refractivity contribution in [2.75, 3.05) is 11.9 Å². The number of hydrogen-bond acceptors (Lipinski definition) is 4. The molecule has 0 radical (unpaired) electrons. The third-order valence-electron chi connectivity index (χ3n) is 4.69. The topological polar surface area (TPSA) is 55.4 Å².